The molecule has 1 aromatic rings. The molecule has 2 N–H and O–H groups in total. The molecule has 5 nitrogen and oxygen atoms in total. The summed E-state index contributed by atoms with van der Waals surface area (Å²) in [5.74, 6) is -1.42. The van der Waals surface area contributed by atoms with Gasteiger partial charge in [0.1, 0.15) is 5.82 Å². The smallest absolute Gasteiger partial charge is 0.317 e. The van der Waals surface area contributed by atoms with E-state index in [9.17, 15) is 14.0 Å². The first-order valence-corrected chi connectivity index (χ1v) is 7.36. The average Bonchev–Trinajstić information content (AvgIpc) is 2.43. The lowest BCUT2D eigenvalue weighted by molar-refractivity contribution is -0.141. The van der Waals surface area contributed by atoms with Crippen LogP contribution in [0.2, 0.25) is 0 Å². The summed E-state index contributed by atoms with van der Waals surface area (Å²) < 4.78 is 12.9. The molecule has 0 heterocycles. The third kappa shape index (κ3) is 3.96. The Morgan fingerprint density at radius 3 is 2.50 bits per heavy atom. The summed E-state index contributed by atoms with van der Waals surface area (Å²) in [4.78, 5) is 24.1. The van der Waals surface area contributed by atoms with Crippen molar-refractivity contribution < 1.29 is 19.1 Å². The minimum atomic E-state index is -0.917. The van der Waals surface area contributed by atoms with Crippen LogP contribution in [0.4, 0.5) is 9.18 Å². The Morgan fingerprint density at radius 2 is 1.95 bits per heavy atom. The van der Waals surface area contributed by atoms with Gasteiger partial charge in [-0.25, -0.2) is 9.18 Å². The molecule has 1 fully saturated rings. The number of carboxylic acids is 1. The molecule has 0 saturated heterocycles. The lowest BCUT2D eigenvalue weighted by Gasteiger charge is -2.37. The van der Waals surface area contributed by atoms with Crippen LogP contribution in [0.25, 0.3) is 0 Å². The number of carbonyl (C=O) groups excluding carboxylic acids is 1. The third-order valence-electron chi connectivity index (χ3n) is 4.12. The molecule has 1 saturated carbocycles. The average molecular weight is 308 g/mol. The number of carboxylic acid groups (broad SMARTS) is 1. The van der Waals surface area contributed by atoms with Gasteiger partial charge in [-0.05, 0) is 36.5 Å². The van der Waals surface area contributed by atoms with Gasteiger partial charge in [-0.15, -0.1) is 0 Å². The number of halogens is 1. The highest BCUT2D eigenvalue weighted by atomic mass is 19.1. The van der Waals surface area contributed by atoms with Crippen LogP contribution in [0.1, 0.15) is 31.2 Å². The molecule has 120 valence electrons. The van der Waals surface area contributed by atoms with Crippen LogP contribution >= 0.6 is 0 Å². The van der Waals surface area contributed by atoms with Gasteiger partial charge in [0.05, 0.1) is 5.92 Å². The van der Waals surface area contributed by atoms with Gasteiger partial charge in [0.25, 0.3) is 0 Å². The molecule has 1 aliphatic carbocycles. The van der Waals surface area contributed by atoms with E-state index in [-0.39, 0.29) is 24.4 Å². The van der Waals surface area contributed by atoms with Crippen molar-refractivity contribution in [1.29, 1.82) is 0 Å². The van der Waals surface area contributed by atoms with Crippen molar-refractivity contribution in [3.8, 4) is 0 Å². The largest absolute Gasteiger partial charge is 0.481 e. The van der Waals surface area contributed by atoms with E-state index in [0.717, 1.165) is 18.4 Å². The highest BCUT2D eigenvalue weighted by Crippen LogP contribution is 2.36. The van der Waals surface area contributed by atoms with Gasteiger partial charge in [0.15, 0.2) is 0 Å². The minimum absolute atomic E-state index is 0.0881. The number of nitrogens with one attached hydrogen (secondary N) is 1. The molecule has 1 atom stereocenters. The zero-order valence-electron chi connectivity index (χ0n) is 12.8. The van der Waals surface area contributed by atoms with Gasteiger partial charge in [0, 0.05) is 19.6 Å². The second-order valence-electron chi connectivity index (χ2n) is 5.99. The predicted octanol–water partition coefficient (Wildman–Crippen LogP) is 2.43. The Morgan fingerprint density at radius 1 is 1.36 bits per heavy atom. The second-order valence-corrected chi connectivity index (χ2v) is 5.99. The minimum Gasteiger partial charge on any atom is -0.481 e. The maximum atomic E-state index is 12.9. The molecule has 0 bridgehead atoms. The quantitative estimate of drug-likeness (QED) is 0.877. The second kappa shape index (κ2) is 6.77. The SMILES string of the molecule is CC(CN(C)C(=O)NC1CC(c2ccc(F)cc2)C1)C(=O)O. The van der Waals surface area contributed by atoms with E-state index in [1.54, 1.807) is 26.1 Å². The molecule has 0 spiro atoms. The van der Waals surface area contributed by atoms with E-state index in [1.807, 2.05) is 0 Å². The fourth-order valence-electron chi connectivity index (χ4n) is 2.60. The number of urea groups is 1. The molecular formula is C16H21FN2O3. The van der Waals surface area contributed by atoms with Crippen molar-refractivity contribution in [3.05, 3.63) is 35.6 Å². The fraction of sp³-hybridized carbons (Fsp3) is 0.500. The van der Waals surface area contributed by atoms with Crippen molar-refractivity contribution in [2.75, 3.05) is 13.6 Å². The zero-order valence-corrected chi connectivity index (χ0v) is 12.8. The number of nitrogens with zero attached hydrogens (tertiary/aromatic N) is 1. The van der Waals surface area contributed by atoms with Crippen LogP contribution in [-0.2, 0) is 4.79 Å². The number of rotatable bonds is 5. The predicted molar refractivity (Wildman–Crippen MR) is 80.1 cm³/mol. The van der Waals surface area contributed by atoms with E-state index >= 15 is 0 Å². The molecule has 0 radical (unpaired) electrons. The van der Waals surface area contributed by atoms with Gasteiger partial charge in [0.2, 0.25) is 0 Å². The van der Waals surface area contributed by atoms with Gasteiger partial charge in [-0.3, -0.25) is 4.79 Å². The van der Waals surface area contributed by atoms with E-state index < -0.39 is 11.9 Å². The summed E-state index contributed by atoms with van der Waals surface area (Å²) in [7, 11) is 1.59. The Hall–Kier alpha value is -2.11. The van der Waals surface area contributed by atoms with Crippen molar-refractivity contribution in [3.63, 3.8) is 0 Å². The molecule has 6 heteroatoms. The molecule has 22 heavy (non-hydrogen) atoms. The molecule has 1 aromatic carbocycles. The zero-order chi connectivity index (χ0) is 16.3. The van der Waals surface area contributed by atoms with Crippen molar-refractivity contribution in [1.82, 2.24) is 10.2 Å². The number of carbonyl (C=O) groups is 2. The lowest BCUT2D eigenvalue weighted by atomic mass is 9.76. The van der Waals surface area contributed by atoms with E-state index in [1.165, 1.54) is 17.0 Å². The first-order chi connectivity index (χ1) is 10.4. The Bertz CT molecular complexity index is 541. The molecule has 1 unspecified atom stereocenters. The summed E-state index contributed by atoms with van der Waals surface area (Å²) >= 11 is 0. The third-order valence-corrected chi connectivity index (χ3v) is 4.12. The van der Waals surface area contributed by atoms with Crippen LogP contribution in [0, 0.1) is 11.7 Å². The van der Waals surface area contributed by atoms with Gasteiger partial charge in [-0.2, -0.15) is 0 Å². The van der Waals surface area contributed by atoms with Crippen LogP contribution in [0.15, 0.2) is 24.3 Å². The first-order valence-electron chi connectivity index (χ1n) is 7.36. The van der Waals surface area contributed by atoms with Crippen LogP contribution in [0.5, 0.6) is 0 Å². The summed E-state index contributed by atoms with van der Waals surface area (Å²) in [6, 6.07) is 6.28. The number of aliphatic carboxylic acids is 1. The van der Waals surface area contributed by atoms with Crippen molar-refractivity contribution in [2.24, 2.45) is 5.92 Å². The fourth-order valence-corrected chi connectivity index (χ4v) is 2.60. The van der Waals surface area contributed by atoms with E-state index in [4.69, 9.17) is 5.11 Å². The summed E-state index contributed by atoms with van der Waals surface area (Å²) in [5, 5.41) is 11.7. The Kier molecular flexibility index (Phi) is 5.00. The topological polar surface area (TPSA) is 69.6 Å². The number of hydrogen-bond acceptors (Lipinski definition) is 2. The van der Waals surface area contributed by atoms with Gasteiger partial charge in [-0.1, -0.05) is 19.1 Å². The first kappa shape index (κ1) is 16.3. The molecule has 0 aliphatic heterocycles. The number of amides is 2. The van der Waals surface area contributed by atoms with Gasteiger partial charge < -0.3 is 15.3 Å². The van der Waals surface area contributed by atoms with Crippen molar-refractivity contribution >= 4 is 12.0 Å². The van der Waals surface area contributed by atoms with Crippen LogP contribution in [-0.4, -0.2) is 41.6 Å². The standard InChI is InChI=1S/C16H21FN2O3/c1-10(15(20)21)9-19(2)16(22)18-14-7-12(8-14)11-3-5-13(17)6-4-11/h3-6,10,12,14H,7-9H2,1-2H3,(H,18,22)(H,20,21). The van der Waals surface area contributed by atoms with Crippen molar-refractivity contribution in [2.45, 2.75) is 31.7 Å². The normalized spacial score (nSPS) is 21.6. The molecular weight excluding hydrogens is 287 g/mol. The maximum Gasteiger partial charge on any atom is 0.317 e. The van der Waals surface area contributed by atoms with Gasteiger partial charge >= 0.3 is 12.0 Å². The van der Waals surface area contributed by atoms with E-state index in [2.05, 4.69) is 5.32 Å². The summed E-state index contributed by atoms with van der Waals surface area (Å²) in [6.45, 7) is 1.75. The summed E-state index contributed by atoms with van der Waals surface area (Å²) in [6.07, 6.45) is 1.64. The molecule has 2 rings (SSSR count). The Balaban J connectivity index is 1.76. The van der Waals surface area contributed by atoms with Crippen LogP contribution in [0.3, 0.4) is 0 Å². The van der Waals surface area contributed by atoms with Crippen LogP contribution < -0.4 is 5.32 Å². The monoisotopic (exact) mass is 308 g/mol. The molecule has 1 aliphatic rings. The lowest BCUT2D eigenvalue weighted by Crippen LogP contribution is -2.49. The highest BCUT2D eigenvalue weighted by Gasteiger charge is 2.32. The number of hydrogen-bond donors (Lipinski definition) is 2. The molecule has 0 aromatic heterocycles. The van der Waals surface area contributed by atoms with E-state index in [0.29, 0.717) is 5.92 Å². The summed E-state index contributed by atoms with van der Waals surface area (Å²) in [5.41, 5.74) is 1.08. The number of benzene rings is 1. The molecule has 2 amide bonds. The Labute approximate surface area is 129 Å². The maximum absolute atomic E-state index is 12.9. The highest BCUT2D eigenvalue weighted by molar-refractivity contribution is 5.76.